The maximum atomic E-state index is 13.2. The van der Waals surface area contributed by atoms with Gasteiger partial charge in [-0.2, -0.15) is 13.2 Å². The van der Waals surface area contributed by atoms with E-state index in [4.69, 9.17) is 9.47 Å². The molecule has 0 aliphatic carbocycles. The fraction of sp³-hybridized carbons (Fsp3) is 0.333. The molecule has 0 spiro atoms. The lowest BCUT2D eigenvalue weighted by Gasteiger charge is -2.23. The number of benzene rings is 1. The number of methoxy groups -OCH3 is 2. The van der Waals surface area contributed by atoms with E-state index < -0.39 is 11.7 Å². The number of alkyl halides is 3. The van der Waals surface area contributed by atoms with Crippen LogP contribution in [0, 0.1) is 0 Å². The molecule has 0 N–H and O–H groups in total. The Hall–Kier alpha value is -2.89. The highest BCUT2D eigenvalue weighted by Crippen LogP contribution is 2.42. The van der Waals surface area contributed by atoms with Gasteiger partial charge in [0.15, 0.2) is 11.5 Å². The summed E-state index contributed by atoms with van der Waals surface area (Å²) in [6.07, 6.45) is 1.48. The van der Waals surface area contributed by atoms with Crippen LogP contribution in [0.3, 0.4) is 0 Å². The number of allylic oxidation sites excluding steroid dienone is 5. The largest absolute Gasteiger partial charge is 0.493 e. The van der Waals surface area contributed by atoms with Crippen molar-refractivity contribution in [3.05, 3.63) is 65.4 Å². The summed E-state index contributed by atoms with van der Waals surface area (Å²) in [5.74, 6) is 1.29. The van der Waals surface area contributed by atoms with Crippen LogP contribution in [0.1, 0.15) is 30.7 Å². The molecule has 0 saturated carbocycles. The van der Waals surface area contributed by atoms with Crippen LogP contribution < -0.4 is 9.47 Å². The quantitative estimate of drug-likeness (QED) is 0.510. The van der Waals surface area contributed by atoms with Crippen LogP contribution >= 0.6 is 0 Å². The smallest absolute Gasteiger partial charge is 0.412 e. The summed E-state index contributed by atoms with van der Waals surface area (Å²) in [6, 6.07) is 5.89. The van der Waals surface area contributed by atoms with Gasteiger partial charge in [0.2, 0.25) is 0 Å². The minimum absolute atomic E-state index is 0.501. The monoisotopic (exact) mass is 417 g/mol. The van der Waals surface area contributed by atoms with Gasteiger partial charge in [-0.05, 0) is 55.2 Å². The molecule has 0 atom stereocenters. The highest BCUT2D eigenvalue weighted by atomic mass is 19.4. The molecular formula is C24H26F3NO2. The first-order valence-corrected chi connectivity index (χ1v) is 9.81. The van der Waals surface area contributed by atoms with E-state index in [1.165, 1.54) is 12.2 Å². The van der Waals surface area contributed by atoms with Gasteiger partial charge in [0, 0.05) is 34.6 Å². The SMILES string of the molecule is C=C/C=C(\C=C(/C)C(F)(F)F)c1cc2n(c1CC)CCc1cc(OC)c(OC)cc1-2. The third-order valence-electron chi connectivity index (χ3n) is 5.46. The van der Waals surface area contributed by atoms with E-state index >= 15 is 0 Å². The van der Waals surface area contributed by atoms with Crippen LogP contribution in [-0.2, 0) is 19.4 Å². The van der Waals surface area contributed by atoms with Crippen molar-refractivity contribution in [1.82, 2.24) is 4.57 Å². The standard InChI is InChI=1S/C24H26F3NO2/c1-6-8-16(11-15(3)24(25,26)27)18-13-21-19-14-23(30-5)22(29-4)12-17(19)9-10-28(21)20(18)7-2/h6,8,11-14H,1,7,9-10H2,2-5H3/b15-11+,16-8+. The Balaban J connectivity index is 2.21. The number of hydrogen-bond donors (Lipinski definition) is 0. The molecule has 2 heterocycles. The lowest BCUT2D eigenvalue weighted by Crippen LogP contribution is -2.13. The maximum absolute atomic E-state index is 13.2. The van der Waals surface area contributed by atoms with Crippen LogP contribution in [-0.4, -0.2) is 25.0 Å². The second-order valence-corrected chi connectivity index (χ2v) is 7.19. The summed E-state index contributed by atoms with van der Waals surface area (Å²) in [7, 11) is 3.19. The summed E-state index contributed by atoms with van der Waals surface area (Å²) < 4.78 is 52.6. The van der Waals surface area contributed by atoms with E-state index in [0.29, 0.717) is 23.5 Å². The van der Waals surface area contributed by atoms with Crippen molar-refractivity contribution in [2.75, 3.05) is 14.2 Å². The highest BCUT2D eigenvalue weighted by Gasteiger charge is 2.31. The molecule has 30 heavy (non-hydrogen) atoms. The fourth-order valence-corrected chi connectivity index (χ4v) is 3.95. The van der Waals surface area contributed by atoms with E-state index in [0.717, 1.165) is 48.0 Å². The predicted octanol–water partition coefficient (Wildman–Crippen LogP) is 6.37. The average molecular weight is 417 g/mol. The van der Waals surface area contributed by atoms with Crippen LogP contribution in [0.15, 0.2) is 48.6 Å². The van der Waals surface area contributed by atoms with Crippen molar-refractivity contribution in [3.63, 3.8) is 0 Å². The van der Waals surface area contributed by atoms with Crippen LogP contribution in [0.5, 0.6) is 11.5 Å². The Labute approximate surface area is 175 Å². The number of halogens is 3. The maximum Gasteiger partial charge on any atom is 0.412 e. The molecular weight excluding hydrogens is 391 g/mol. The summed E-state index contributed by atoms with van der Waals surface area (Å²) in [4.78, 5) is 0. The second-order valence-electron chi connectivity index (χ2n) is 7.19. The molecule has 3 rings (SSSR count). The van der Waals surface area contributed by atoms with Gasteiger partial charge in [0.05, 0.1) is 14.2 Å². The molecule has 1 aromatic heterocycles. The van der Waals surface area contributed by atoms with Gasteiger partial charge >= 0.3 is 6.18 Å². The number of ether oxygens (including phenoxy) is 2. The number of hydrogen-bond acceptors (Lipinski definition) is 2. The highest BCUT2D eigenvalue weighted by molar-refractivity contribution is 5.82. The van der Waals surface area contributed by atoms with E-state index in [1.54, 1.807) is 20.3 Å². The third-order valence-corrected chi connectivity index (χ3v) is 5.46. The Kier molecular flexibility index (Phi) is 6.15. The molecule has 1 aromatic carbocycles. The van der Waals surface area contributed by atoms with Gasteiger partial charge in [-0.15, -0.1) is 0 Å². The van der Waals surface area contributed by atoms with Crippen molar-refractivity contribution in [3.8, 4) is 22.8 Å². The molecule has 160 valence electrons. The summed E-state index contributed by atoms with van der Waals surface area (Å²) in [5.41, 5.74) is 4.76. The number of aromatic nitrogens is 1. The van der Waals surface area contributed by atoms with Gasteiger partial charge in [-0.25, -0.2) is 0 Å². The van der Waals surface area contributed by atoms with Crippen molar-refractivity contribution < 1.29 is 22.6 Å². The van der Waals surface area contributed by atoms with Crippen LogP contribution in [0.2, 0.25) is 0 Å². The van der Waals surface area contributed by atoms with E-state index in [2.05, 4.69) is 11.1 Å². The van der Waals surface area contributed by atoms with E-state index in [-0.39, 0.29) is 0 Å². The average Bonchev–Trinajstić information content (AvgIpc) is 3.10. The Bertz CT molecular complexity index is 1030. The normalized spacial score (nSPS) is 14.2. The van der Waals surface area contributed by atoms with Crippen LogP contribution in [0.4, 0.5) is 13.2 Å². The first-order chi connectivity index (χ1) is 14.2. The first-order valence-electron chi connectivity index (χ1n) is 9.81. The van der Waals surface area contributed by atoms with Crippen molar-refractivity contribution >= 4 is 5.57 Å². The van der Waals surface area contributed by atoms with Gasteiger partial charge < -0.3 is 14.0 Å². The molecule has 0 unspecified atom stereocenters. The Morgan fingerprint density at radius 2 is 1.83 bits per heavy atom. The lowest BCUT2D eigenvalue weighted by atomic mass is 9.97. The van der Waals surface area contributed by atoms with Crippen molar-refractivity contribution in [1.29, 1.82) is 0 Å². The number of aryl methyl sites for hydroxylation is 1. The van der Waals surface area contributed by atoms with Gasteiger partial charge in [-0.1, -0.05) is 25.7 Å². The molecule has 1 aliphatic heterocycles. The zero-order chi connectivity index (χ0) is 22.1. The zero-order valence-corrected chi connectivity index (χ0v) is 17.7. The van der Waals surface area contributed by atoms with Crippen molar-refractivity contribution in [2.45, 2.75) is 39.4 Å². The summed E-state index contributed by atoms with van der Waals surface area (Å²) in [6.45, 7) is 7.54. The zero-order valence-electron chi connectivity index (χ0n) is 17.7. The molecule has 0 amide bonds. The molecule has 0 radical (unpaired) electrons. The predicted molar refractivity (Wildman–Crippen MR) is 114 cm³/mol. The topological polar surface area (TPSA) is 23.4 Å². The molecule has 3 nitrogen and oxygen atoms in total. The van der Waals surface area contributed by atoms with E-state index in [1.807, 2.05) is 25.1 Å². The Morgan fingerprint density at radius 1 is 1.17 bits per heavy atom. The fourth-order valence-electron chi connectivity index (χ4n) is 3.95. The summed E-state index contributed by atoms with van der Waals surface area (Å²) in [5, 5.41) is 0. The Morgan fingerprint density at radius 3 is 2.40 bits per heavy atom. The minimum atomic E-state index is -4.37. The van der Waals surface area contributed by atoms with Gasteiger partial charge in [-0.3, -0.25) is 0 Å². The molecule has 0 bridgehead atoms. The third kappa shape index (κ3) is 3.91. The molecule has 0 saturated heterocycles. The molecule has 2 aromatic rings. The van der Waals surface area contributed by atoms with E-state index in [9.17, 15) is 13.2 Å². The number of fused-ring (bicyclic) bond motifs is 3. The number of rotatable bonds is 6. The lowest BCUT2D eigenvalue weighted by molar-refractivity contribution is -0.0912. The minimum Gasteiger partial charge on any atom is -0.493 e. The molecule has 0 fully saturated rings. The summed E-state index contributed by atoms with van der Waals surface area (Å²) >= 11 is 0. The van der Waals surface area contributed by atoms with Gasteiger partial charge in [0.25, 0.3) is 0 Å². The second kappa shape index (κ2) is 8.46. The number of nitrogens with zero attached hydrogens (tertiary/aromatic N) is 1. The van der Waals surface area contributed by atoms with Crippen LogP contribution in [0.25, 0.3) is 16.8 Å². The molecule has 6 heteroatoms. The molecule has 1 aliphatic rings. The van der Waals surface area contributed by atoms with Crippen molar-refractivity contribution in [2.24, 2.45) is 0 Å². The van der Waals surface area contributed by atoms with Gasteiger partial charge in [0.1, 0.15) is 0 Å². The first kappa shape index (κ1) is 21.8.